The van der Waals surface area contributed by atoms with Gasteiger partial charge in [0.1, 0.15) is 12.4 Å². The van der Waals surface area contributed by atoms with Crippen LogP contribution in [0.2, 0.25) is 0 Å². The Morgan fingerprint density at radius 1 is 1.08 bits per heavy atom. The molecule has 0 spiro atoms. The van der Waals surface area contributed by atoms with Gasteiger partial charge in [0.15, 0.2) is 11.5 Å². The zero-order chi connectivity index (χ0) is 18.7. The van der Waals surface area contributed by atoms with Crippen LogP contribution in [0, 0.1) is 29.1 Å². The molecule has 2 aromatic rings. The van der Waals surface area contributed by atoms with Crippen LogP contribution in [0.5, 0.6) is 5.75 Å². The number of carbonyl (C=O) groups excluding carboxylic acids is 1. The first-order valence-electron chi connectivity index (χ1n) is 7.30. The van der Waals surface area contributed by atoms with E-state index in [1.54, 1.807) is 6.92 Å². The minimum atomic E-state index is -2.27. The van der Waals surface area contributed by atoms with Crippen LogP contribution >= 0.6 is 0 Å². The SMILES string of the molecule is CCC(C)NC(=O)c1ccc(COc2c(F)c(F)c(F)c(F)c2F)o1. The van der Waals surface area contributed by atoms with Gasteiger partial charge in [0.25, 0.3) is 5.91 Å². The molecule has 0 bridgehead atoms. The van der Waals surface area contributed by atoms with E-state index in [9.17, 15) is 26.7 Å². The molecule has 1 N–H and O–H groups in total. The van der Waals surface area contributed by atoms with Crippen LogP contribution in [0.25, 0.3) is 0 Å². The molecule has 4 nitrogen and oxygen atoms in total. The van der Waals surface area contributed by atoms with E-state index in [0.29, 0.717) is 6.42 Å². The molecule has 1 aromatic heterocycles. The molecule has 136 valence electrons. The number of halogens is 5. The molecule has 1 heterocycles. The second-order valence-electron chi connectivity index (χ2n) is 5.24. The largest absolute Gasteiger partial charge is 0.479 e. The number of amides is 1. The summed E-state index contributed by atoms with van der Waals surface area (Å²) in [5.41, 5.74) is 0. The van der Waals surface area contributed by atoms with E-state index >= 15 is 0 Å². The predicted molar refractivity (Wildman–Crippen MR) is 76.5 cm³/mol. The number of furan rings is 1. The smallest absolute Gasteiger partial charge is 0.287 e. The van der Waals surface area contributed by atoms with E-state index < -0.39 is 47.3 Å². The third-order valence-corrected chi connectivity index (χ3v) is 3.40. The van der Waals surface area contributed by atoms with Gasteiger partial charge >= 0.3 is 0 Å². The highest BCUT2D eigenvalue weighted by molar-refractivity contribution is 5.91. The number of hydrogen-bond donors (Lipinski definition) is 1. The van der Waals surface area contributed by atoms with Gasteiger partial charge in [-0.1, -0.05) is 6.92 Å². The summed E-state index contributed by atoms with van der Waals surface area (Å²) in [5.74, 6) is -12.7. The van der Waals surface area contributed by atoms with E-state index in [2.05, 4.69) is 10.1 Å². The molecule has 0 aliphatic carbocycles. The van der Waals surface area contributed by atoms with Gasteiger partial charge in [0, 0.05) is 6.04 Å². The Morgan fingerprint density at radius 2 is 1.64 bits per heavy atom. The van der Waals surface area contributed by atoms with Crippen molar-refractivity contribution in [3.05, 3.63) is 52.7 Å². The second kappa shape index (κ2) is 7.54. The summed E-state index contributed by atoms with van der Waals surface area (Å²) < 4.78 is 75.8. The van der Waals surface area contributed by atoms with Crippen LogP contribution in [-0.4, -0.2) is 11.9 Å². The summed E-state index contributed by atoms with van der Waals surface area (Å²) >= 11 is 0. The van der Waals surface area contributed by atoms with Crippen LogP contribution in [-0.2, 0) is 6.61 Å². The van der Waals surface area contributed by atoms with Crippen molar-refractivity contribution in [2.75, 3.05) is 0 Å². The summed E-state index contributed by atoms with van der Waals surface area (Å²) in [6.45, 7) is 3.03. The number of ether oxygens (including phenoxy) is 1. The Hall–Kier alpha value is -2.58. The molecular formula is C16H14F5NO3. The maximum absolute atomic E-state index is 13.5. The highest BCUT2D eigenvalue weighted by Crippen LogP contribution is 2.29. The quantitative estimate of drug-likeness (QED) is 0.478. The van der Waals surface area contributed by atoms with Gasteiger partial charge in [0.2, 0.25) is 29.1 Å². The lowest BCUT2D eigenvalue weighted by atomic mass is 10.2. The highest BCUT2D eigenvalue weighted by atomic mass is 19.2. The molecule has 9 heteroatoms. The molecule has 1 amide bonds. The van der Waals surface area contributed by atoms with E-state index in [-0.39, 0.29) is 17.6 Å². The van der Waals surface area contributed by atoms with Crippen molar-refractivity contribution in [1.82, 2.24) is 5.32 Å². The summed E-state index contributed by atoms with van der Waals surface area (Å²) in [5, 5.41) is 2.64. The van der Waals surface area contributed by atoms with Crippen LogP contribution in [0.15, 0.2) is 16.5 Å². The monoisotopic (exact) mass is 363 g/mol. The molecule has 2 rings (SSSR count). The topological polar surface area (TPSA) is 51.5 Å². The summed E-state index contributed by atoms with van der Waals surface area (Å²) in [6, 6.07) is 2.50. The molecule has 0 saturated heterocycles. The van der Waals surface area contributed by atoms with Crippen molar-refractivity contribution in [3.8, 4) is 5.75 Å². The van der Waals surface area contributed by atoms with Crippen molar-refractivity contribution in [1.29, 1.82) is 0 Å². The van der Waals surface area contributed by atoms with Gasteiger partial charge < -0.3 is 14.5 Å². The third-order valence-electron chi connectivity index (χ3n) is 3.40. The molecule has 25 heavy (non-hydrogen) atoms. The number of nitrogens with one attached hydrogen (secondary N) is 1. The summed E-state index contributed by atoms with van der Waals surface area (Å²) in [6.07, 6.45) is 0.697. The fourth-order valence-electron chi connectivity index (χ4n) is 1.83. The molecule has 0 saturated carbocycles. The standard InChI is InChI=1S/C16H14F5NO3/c1-3-7(2)22-16(23)9-5-4-8(25-9)6-24-15-13(20)11(18)10(17)12(19)14(15)21/h4-5,7H,3,6H2,1-2H3,(H,22,23). The Balaban J connectivity index is 2.12. The van der Waals surface area contributed by atoms with Gasteiger partial charge in [-0.2, -0.15) is 8.78 Å². The molecule has 1 aromatic carbocycles. The molecule has 0 fully saturated rings. The molecule has 1 unspecified atom stereocenters. The first-order chi connectivity index (χ1) is 11.8. The number of rotatable bonds is 6. The lowest BCUT2D eigenvalue weighted by Gasteiger charge is -2.10. The third kappa shape index (κ3) is 3.92. The van der Waals surface area contributed by atoms with Crippen molar-refractivity contribution in [2.24, 2.45) is 0 Å². The number of hydrogen-bond acceptors (Lipinski definition) is 3. The normalized spacial score (nSPS) is 12.1. The lowest BCUT2D eigenvalue weighted by molar-refractivity contribution is 0.0906. The molecule has 0 aliphatic heterocycles. The van der Waals surface area contributed by atoms with Crippen molar-refractivity contribution < 1.29 is 35.9 Å². The van der Waals surface area contributed by atoms with Crippen LogP contribution in [0.3, 0.4) is 0 Å². The maximum Gasteiger partial charge on any atom is 0.287 e. The van der Waals surface area contributed by atoms with Gasteiger partial charge in [-0.3, -0.25) is 4.79 Å². The van der Waals surface area contributed by atoms with Crippen molar-refractivity contribution >= 4 is 5.91 Å². The lowest BCUT2D eigenvalue weighted by Crippen LogP contribution is -2.31. The Bertz CT molecular complexity index is 761. The maximum atomic E-state index is 13.5. The first-order valence-corrected chi connectivity index (χ1v) is 7.30. The predicted octanol–water partition coefficient (Wildman–Crippen LogP) is 4.08. The first kappa shape index (κ1) is 18.8. The number of carbonyl (C=O) groups is 1. The fourth-order valence-corrected chi connectivity index (χ4v) is 1.83. The molecular weight excluding hydrogens is 349 g/mol. The second-order valence-corrected chi connectivity index (χ2v) is 5.24. The van der Waals surface area contributed by atoms with Crippen molar-refractivity contribution in [2.45, 2.75) is 32.9 Å². The highest BCUT2D eigenvalue weighted by Gasteiger charge is 2.27. The van der Waals surface area contributed by atoms with E-state index in [1.165, 1.54) is 12.1 Å². The summed E-state index contributed by atoms with van der Waals surface area (Å²) in [4.78, 5) is 11.8. The van der Waals surface area contributed by atoms with Gasteiger partial charge in [-0.15, -0.1) is 0 Å². The van der Waals surface area contributed by atoms with E-state index in [0.717, 1.165) is 0 Å². The van der Waals surface area contributed by atoms with Crippen LogP contribution < -0.4 is 10.1 Å². The minimum Gasteiger partial charge on any atom is -0.479 e. The number of benzene rings is 1. The van der Waals surface area contributed by atoms with Crippen LogP contribution in [0.1, 0.15) is 36.6 Å². The Morgan fingerprint density at radius 3 is 2.20 bits per heavy atom. The summed E-state index contributed by atoms with van der Waals surface area (Å²) in [7, 11) is 0. The van der Waals surface area contributed by atoms with Crippen molar-refractivity contribution in [3.63, 3.8) is 0 Å². The molecule has 1 atom stereocenters. The van der Waals surface area contributed by atoms with Gasteiger partial charge in [-0.05, 0) is 25.5 Å². The van der Waals surface area contributed by atoms with Crippen LogP contribution in [0.4, 0.5) is 22.0 Å². The average molecular weight is 363 g/mol. The molecule has 0 radical (unpaired) electrons. The Kier molecular flexibility index (Phi) is 5.66. The minimum absolute atomic E-state index is 0.0294. The Labute approximate surface area is 139 Å². The molecule has 0 aliphatic rings. The zero-order valence-corrected chi connectivity index (χ0v) is 13.3. The van der Waals surface area contributed by atoms with Gasteiger partial charge in [0.05, 0.1) is 0 Å². The average Bonchev–Trinajstić information content (AvgIpc) is 3.07. The fraction of sp³-hybridized carbons (Fsp3) is 0.312. The van der Waals surface area contributed by atoms with E-state index in [1.807, 2.05) is 6.92 Å². The zero-order valence-electron chi connectivity index (χ0n) is 13.3. The van der Waals surface area contributed by atoms with E-state index in [4.69, 9.17) is 4.42 Å². The van der Waals surface area contributed by atoms with Gasteiger partial charge in [-0.25, -0.2) is 13.2 Å².